The second kappa shape index (κ2) is 6.79. The summed E-state index contributed by atoms with van der Waals surface area (Å²) in [7, 11) is 0. The van der Waals surface area contributed by atoms with Gasteiger partial charge in [-0.05, 0) is 32.0 Å². The summed E-state index contributed by atoms with van der Waals surface area (Å²) in [6.45, 7) is 4.53. The fourth-order valence-electron chi connectivity index (χ4n) is 2.01. The molecule has 0 aromatic carbocycles. The van der Waals surface area contributed by atoms with Gasteiger partial charge in [0.05, 0.1) is 12.8 Å². The van der Waals surface area contributed by atoms with E-state index in [0.717, 1.165) is 5.76 Å². The van der Waals surface area contributed by atoms with Crippen LogP contribution < -0.4 is 10.6 Å². The Hall–Kier alpha value is -2.24. The van der Waals surface area contributed by atoms with Gasteiger partial charge in [-0.25, -0.2) is 4.79 Å². The Labute approximate surface area is 118 Å². The van der Waals surface area contributed by atoms with E-state index in [0.29, 0.717) is 13.0 Å². The first-order valence-corrected chi connectivity index (χ1v) is 6.70. The summed E-state index contributed by atoms with van der Waals surface area (Å²) in [6, 6.07) is 5.44. The van der Waals surface area contributed by atoms with Gasteiger partial charge >= 0.3 is 6.03 Å². The van der Waals surface area contributed by atoms with Gasteiger partial charge < -0.3 is 15.1 Å². The van der Waals surface area contributed by atoms with Gasteiger partial charge in [0.2, 0.25) is 0 Å². The number of urea groups is 1. The molecule has 2 aromatic heterocycles. The van der Waals surface area contributed by atoms with E-state index in [1.54, 1.807) is 17.1 Å². The quantitative estimate of drug-likeness (QED) is 0.845. The highest BCUT2D eigenvalue weighted by Gasteiger charge is 2.12. The Morgan fingerprint density at radius 1 is 1.35 bits per heavy atom. The molecule has 2 heterocycles. The lowest BCUT2D eigenvalue weighted by molar-refractivity contribution is 0.232. The van der Waals surface area contributed by atoms with Crippen molar-refractivity contribution in [2.45, 2.75) is 38.9 Å². The first-order chi connectivity index (χ1) is 9.63. The highest BCUT2D eigenvalue weighted by Crippen LogP contribution is 2.03. The molecule has 2 rings (SSSR count). The van der Waals surface area contributed by atoms with Gasteiger partial charge in [-0.3, -0.25) is 4.68 Å². The maximum atomic E-state index is 11.8. The Bertz CT molecular complexity index is 461. The molecule has 6 nitrogen and oxygen atoms in total. The van der Waals surface area contributed by atoms with E-state index in [1.807, 2.05) is 38.2 Å². The van der Waals surface area contributed by atoms with Crippen LogP contribution in [-0.4, -0.2) is 27.9 Å². The number of furan rings is 1. The molecule has 0 bridgehead atoms. The van der Waals surface area contributed by atoms with E-state index >= 15 is 0 Å². The van der Waals surface area contributed by atoms with E-state index in [9.17, 15) is 4.79 Å². The topological polar surface area (TPSA) is 72.1 Å². The van der Waals surface area contributed by atoms with Crippen molar-refractivity contribution < 1.29 is 9.21 Å². The Morgan fingerprint density at radius 3 is 2.80 bits per heavy atom. The summed E-state index contributed by atoms with van der Waals surface area (Å²) in [5.41, 5.74) is 0. The maximum Gasteiger partial charge on any atom is 0.315 e. The van der Waals surface area contributed by atoms with Crippen molar-refractivity contribution in [1.29, 1.82) is 0 Å². The number of aromatic nitrogens is 2. The van der Waals surface area contributed by atoms with E-state index in [-0.39, 0.29) is 18.1 Å². The lowest BCUT2D eigenvalue weighted by Crippen LogP contribution is -2.46. The summed E-state index contributed by atoms with van der Waals surface area (Å²) >= 11 is 0. The summed E-state index contributed by atoms with van der Waals surface area (Å²) in [4.78, 5) is 11.8. The predicted molar refractivity (Wildman–Crippen MR) is 75.2 cm³/mol. The van der Waals surface area contributed by atoms with E-state index in [4.69, 9.17) is 4.42 Å². The Morgan fingerprint density at radius 2 is 2.15 bits per heavy atom. The standard InChI is InChI=1S/C14H20N4O2/c1-11(9-13-5-3-8-20-13)16-14(19)17-12(2)10-18-7-4-6-15-18/h3-8,11-12H,9-10H2,1-2H3,(H2,16,17,19)/t11-,12-/m0/s1. The number of carbonyl (C=O) groups is 1. The molecule has 0 spiro atoms. The van der Waals surface area contributed by atoms with Crippen molar-refractivity contribution in [3.63, 3.8) is 0 Å². The third-order valence-electron chi connectivity index (χ3n) is 2.86. The van der Waals surface area contributed by atoms with Crippen LogP contribution in [0, 0.1) is 0 Å². The molecule has 0 saturated heterocycles. The van der Waals surface area contributed by atoms with Gasteiger partial charge in [-0.1, -0.05) is 0 Å². The first-order valence-electron chi connectivity index (χ1n) is 6.70. The van der Waals surface area contributed by atoms with Crippen molar-refractivity contribution in [2.24, 2.45) is 0 Å². The third-order valence-corrected chi connectivity index (χ3v) is 2.86. The molecular formula is C14H20N4O2. The molecule has 0 unspecified atom stereocenters. The molecule has 2 atom stereocenters. The number of carbonyl (C=O) groups excluding carboxylic acids is 1. The van der Waals surface area contributed by atoms with Crippen LogP contribution >= 0.6 is 0 Å². The van der Waals surface area contributed by atoms with Crippen LogP contribution in [0.4, 0.5) is 4.79 Å². The zero-order chi connectivity index (χ0) is 14.4. The van der Waals surface area contributed by atoms with Crippen LogP contribution in [0.1, 0.15) is 19.6 Å². The normalized spacial score (nSPS) is 13.7. The van der Waals surface area contributed by atoms with Crippen LogP contribution in [0.5, 0.6) is 0 Å². The smallest absolute Gasteiger partial charge is 0.315 e. The van der Waals surface area contributed by atoms with Crippen LogP contribution in [0.25, 0.3) is 0 Å². The van der Waals surface area contributed by atoms with Crippen molar-refractivity contribution in [1.82, 2.24) is 20.4 Å². The molecule has 0 radical (unpaired) electrons. The summed E-state index contributed by atoms with van der Waals surface area (Å²) in [6.07, 6.45) is 5.90. The van der Waals surface area contributed by atoms with Gasteiger partial charge in [-0.15, -0.1) is 0 Å². The summed E-state index contributed by atoms with van der Waals surface area (Å²) in [5, 5.41) is 9.88. The van der Waals surface area contributed by atoms with Crippen LogP contribution in [0.2, 0.25) is 0 Å². The minimum atomic E-state index is -0.177. The molecular weight excluding hydrogens is 256 g/mol. The minimum absolute atomic E-state index is 0.00529. The van der Waals surface area contributed by atoms with Gasteiger partial charge in [0, 0.05) is 30.9 Å². The molecule has 0 aliphatic rings. The van der Waals surface area contributed by atoms with Crippen molar-refractivity contribution in [3.8, 4) is 0 Å². The largest absolute Gasteiger partial charge is 0.469 e. The van der Waals surface area contributed by atoms with Crippen molar-refractivity contribution >= 4 is 6.03 Å². The molecule has 2 aromatic rings. The van der Waals surface area contributed by atoms with E-state index in [2.05, 4.69) is 15.7 Å². The molecule has 0 aliphatic carbocycles. The number of amides is 2. The van der Waals surface area contributed by atoms with Crippen molar-refractivity contribution in [3.05, 3.63) is 42.6 Å². The molecule has 0 saturated carbocycles. The SMILES string of the molecule is C[C@@H](Cc1ccco1)NC(=O)N[C@@H](C)Cn1cccn1. The number of rotatable bonds is 6. The lowest BCUT2D eigenvalue weighted by atomic mass is 10.2. The summed E-state index contributed by atoms with van der Waals surface area (Å²) in [5.74, 6) is 0.863. The molecule has 0 aliphatic heterocycles. The van der Waals surface area contributed by atoms with Crippen LogP contribution in [-0.2, 0) is 13.0 Å². The maximum absolute atomic E-state index is 11.8. The molecule has 6 heteroatoms. The second-order valence-electron chi connectivity index (χ2n) is 4.93. The fraction of sp³-hybridized carbons (Fsp3) is 0.429. The number of hydrogen-bond acceptors (Lipinski definition) is 3. The summed E-state index contributed by atoms with van der Waals surface area (Å²) < 4.78 is 7.04. The first kappa shape index (κ1) is 14.2. The van der Waals surface area contributed by atoms with Gasteiger partial charge in [0.15, 0.2) is 0 Å². The molecule has 20 heavy (non-hydrogen) atoms. The van der Waals surface area contributed by atoms with Crippen molar-refractivity contribution in [2.75, 3.05) is 0 Å². The van der Waals surface area contributed by atoms with Gasteiger partial charge in [-0.2, -0.15) is 5.10 Å². The van der Waals surface area contributed by atoms with Gasteiger partial charge in [0.25, 0.3) is 0 Å². The molecule has 108 valence electrons. The average Bonchev–Trinajstić information content (AvgIpc) is 3.01. The third kappa shape index (κ3) is 4.46. The highest BCUT2D eigenvalue weighted by molar-refractivity contribution is 5.74. The number of hydrogen-bond donors (Lipinski definition) is 2. The molecule has 2 amide bonds. The molecule has 2 N–H and O–H groups in total. The average molecular weight is 276 g/mol. The van der Waals surface area contributed by atoms with Crippen LogP contribution in [0.15, 0.2) is 41.3 Å². The highest BCUT2D eigenvalue weighted by atomic mass is 16.3. The zero-order valence-corrected chi connectivity index (χ0v) is 11.7. The number of nitrogens with zero attached hydrogens (tertiary/aromatic N) is 2. The zero-order valence-electron chi connectivity index (χ0n) is 11.7. The van der Waals surface area contributed by atoms with Crippen LogP contribution in [0.3, 0.4) is 0 Å². The van der Waals surface area contributed by atoms with E-state index < -0.39 is 0 Å². The van der Waals surface area contributed by atoms with E-state index in [1.165, 1.54) is 0 Å². The number of nitrogens with one attached hydrogen (secondary N) is 2. The second-order valence-corrected chi connectivity index (χ2v) is 4.93. The Balaban J connectivity index is 1.71. The fourth-order valence-corrected chi connectivity index (χ4v) is 2.01. The van der Waals surface area contributed by atoms with Gasteiger partial charge in [0.1, 0.15) is 5.76 Å². The predicted octanol–water partition coefficient (Wildman–Crippen LogP) is 1.79. The monoisotopic (exact) mass is 276 g/mol. The Kier molecular flexibility index (Phi) is 4.81. The molecule has 0 fully saturated rings. The lowest BCUT2D eigenvalue weighted by Gasteiger charge is -2.17. The minimum Gasteiger partial charge on any atom is -0.469 e.